The largest absolute Gasteiger partial charge is 0.462 e. The molecular weight excluding hydrogens is 807 g/mol. The summed E-state index contributed by atoms with van der Waals surface area (Å²) in [4.78, 5) is 52.5. The van der Waals surface area contributed by atoms with Crippen LogP contribution < -0.4 is 10.6 Å². The molecule has 17 heteroatoms. The van der Waals surface area contributed by atoms with Gasteiger partial charge in [-0.2, -0.15) is 11.8 Å². The SMILES string of the molecule is CCCCCCCCCC(=O)N[C@H](CSC[C@@H](COC(=O)CCCCCCCCC)OC(=O)CCCCCCCCC)C(=O)Nc1cn([C@@H]2OC(CO)C(O)C(O)C2O)nn1. The van der Waals surface area contributed by atoms with Gasteiger partial charge in [0.25, 0.3) is 0 Å². The third-order valence-electron chi connectivity index (χ3n) is 10.8. The van der Waals surface area contributed by atoms with Gasteiger partial charge in [0.15, 0.2) is 12.0 Å². The van der Waals surface area contributed by atoms with Crippen LogP contribution in [0.4, 0.5) is 5.82 Å². The molecule has 4 unspecified atom stereocenters. The van der Waals surface area contributed by atoms with Gasteiger partial charge in [0.05, 0.1) is 12.8 Å². The van der Waals surface area contributed by atoms with Crippen LogP contribution in [0.15, 0.2) is 6.20 Å². The quantitative estimate of drug-likeness (QED) is 0.0322. The highest BCUT2D eigenvalue weighted by molar-refractivity contribution is 7.99. The number of hydrogen-bond donors (Lipinski definition) is 6. The minimum Gasteiger partial charge on any atom is -0.462 e. The Kier molecular flexibility index (Phi) is 30.0. The molecule has 0 radical (unpaired) electrons. The number of ether oxygens (including phenoxy) is 3. The molecule has 0 spiro atoms. The van der Waals surface area contributed by atoms with E-state index in [9.17, 15) is 39.6 Å². The van der Waals surface area contributed by atoms with E-state index in [4.69, 9.17) is 14.2 Å². The number of hydrogen-bond acceptors (Lipinski definition) is 14. The number of amides is 2. The van der Waals surface area contributed by atoms with E-state index in [-0.39, 0.29) is 61.0 Å². The molecule has 2 heterocycles. The summed E-state index contributed by atoms with van der Waals surface area (Å²) in [7, 11) is 0. The molecule has 7 atom stereocenters. The standard InChI is InChI=1S/C44H79N5O11S/c1-4-7-10-13-16-19-22-25-37(51)45-34(43(57)46-36-28-49(48-47-36)44-42(56)41(55)40(54)35(29-50)60-44)32-61-31-33(59-39(53)27-24-21-18-15-12-9-6-3)30-58-38(52)26-23-20-17-14-11-8-5-2/h28,33-35,40-42,44,50,54-56H,4-27,29-32H2,1-3H3,(H,45,51)(H,46,57)/t33-,34-,35?,40?,41?,42?,44-/m1/s1. The van der Waals surface area contributed by atoms with Crippen LogP contribution in [-0.4, -0.2) is 120 Å². The molecule has 2 rings (SSSR count). The Hall–Kier alpha value is -2.83. The summed E-state index contributed by atoms with van der Waals surface area (Å²) < 4.78 is 18.0. The highest BCUT2D eigenvalue weighted by Crippen LogP contribution is 2.28. The van der Waals surface area contributed by atoms with Gasteiger partial charge in [-0.05, 0) is 19.3 Å². The van der Waals surface area contributed by atoms with Gasteiger partial charge in [-0.3, -0.25) is 19.2 Å². The van der Waals surface area contributed by atoms with E-state index in [2.05, 4.69) is 41.7 Å². The van der Waals surface area contributed by atoms with E-state index in [1.807, 2.05) is 0 Å². The maximum atomic E-state index is 13.7. The molecule has 352 valence electrons. The topological polar surface area (TPSA) is 232 Å². The van der Waals surface area contributed by atoms with Gasteiger partial charge in [-0.15, -0.1) is 5.10 Å². The Morgan fingerprint density at radius 1 is 0.721 bits per heavy atom. The van der Waals surface area contributed by atoms with Gasteiger partial charge in [0.1, 0.15) is 43.2 Å². The molecule has 61 heavy (non-hydrogen) atoms. The van der Waals surface area contributed by atoms with Crippen molar-refractivity contribution in [2.45, 2.75) is 218 Å². The van der Waals surface area contributed by atoms with Crippen LogP contribution in [0.3, 0.4) is 0 Å². The molecule has 1 aliphatic rings. The van der Waals surface area contributed by atoms with Gasteiger partial charge >= 0.3 is 11.9 Å². The van der Waals surface area contributed by atoms with E-state index in [0.29, 0.717) is 12.8 Å². The van der Waals surface area contributed by atoms with E-state index < -0.39 is 55.3 Å². The summed E-state index contributed by atoms with van der Waals surface area (Å²) in [6.07, 6.45) is 16.1. The highest BCUT2D eigenvalue weighted by Gasteiger charge is 2.44. The van der Waals surface area contributed by atoms with Crippen LogP contribution >= 0.6 is 11.8 Å². The normalized spacial score (nSPS) is 19.9. The number of aromatic nitrogens is 3. The number of esters is 2. The minimum absolute atomic E-state index is 0.0386. The zero-order valence-electron chi connectivity index (χ0n) is 37.3. The third-order valence-corrected chi connectivity index (χ3v) is 12.0. The van der Waals surface area contributed by atoms with Gasteiger partial charge in [-0.25, -0.2) is 4.68 Å². The van der Waals surface area contributed by atoms with Gasteiger partial charge in [0.2, 0.25) is 11.8 Å². The van der Waals surface area contributed by atoms with Crippen LogP contribution in [0.25, 0.3) is 0 Å². The van der Waals surface area contributed by atoms with E-state index >= 15 is 0 Å². The Balaban J connectivity index is 2.08. The first-order valence-electron chi connectivity index (χ1n) is 23.3. The molecule has 0 saturated carbocycles. The second-order valence-corrected chi connectivity index (χ2v) is 17.4. The Morgan fingerprint density at radius 2 is 1.25 bits per heavy atom. The summed E-state index contributed by atoms with van der Waals surface area (Å²) in [6.45, 7) is 5.77. The van der Waals surface area contributed by atoms with E-state index in [0.717, 1.165) is 81.7 Å². The van der Waals surface area contributed by atoms with Crippen LogP contribution in [0.1, 0.15) is 181 Å². The van der Waals surface area contributed by atoms with Crippen molar-refractivity contribution in [2.24, 2.45) is 0 Å². The maximum Gasteiger partial charge on any atom is 0.306 e. The van der Waals surface area contributed by atoms with Crippen LogP contribution in [0.5, 0.6) is 0 Å². The Labute approximate surface area is 368 Å². The van der Waals surface area contributed by atoms with Crippen LogP contribution in [-0.2, 0) is 33.4 Å². The van der Waals surface area contributed by atoms with Crippen molar-refractivity contribution in [3.63, 3.8) is 0 Å². The summed E-state index contributed by atoms with van der Waals surface area (Å²) in [6, 6.07) is -1.04. The molecule has 0 aromatic carbocycles. The first-order chi connectivity index (χ1) is 29.5. The van der Waals surface area contributed by atoms with Crippen LogP contribution in [0, 0.1) is 0 Å². The smallest absolute Gasteiger partial charge is 0.306 e. The number of anilines is 1. The number of aliphatic hydroxyl groups excluding tert-OH is 4. The molecule has 1 saturated heterocycles. The third kappa shape index (κ3) is 23.4. The fourth-order valence-corrected chi connectivity index (χ4v) is 8.09. The number of nitrogens with one attached hydrogen (secondary N) is 2. The predicted molar refractivity (Wildman–Crippen MR) is 236 cm³/mol. The molecule has 6 N–H and O–H groups in total. The number of rotatable bonds is 36. The zero-order valence-corrected chi connectivity index (χ0v) is 38.1. The van der Waals surface area contributed by atoms with Gasteiger partial charge < -0.3 is 45.3 Å². The Bertz CT molecular complexity index is 1340. The van der Waals surface area contributed by atoms with Crippen molar-refractivity contribution in [3.8, 4) is 0 Å². The molecule has 1 aliphatic heterocycles. The number of carbonyl (C=O) groups excluding carboxylic acids is 4. The fourth-order valence-electron chi connectivity index (χ4n) is 7.05. The lowest BCUT2D eigenvalue weighted by Crippen LogP contribution is -2.56. The first-order valence-corrected chi connectivity index (χ1v) is 24.4. The predicted octanol–water partition coefficient (Wildman–Crippen LogP) is 6.28. The molecule has 1 aromatic rings. The monoisotopic (exact) mass is 886 g/mol. The van der Waals surface area contributed by atoms with E-state index in [1.54, 1.807) is 0 Å². The number of unbranched alkanes of at least 4 members (excludes halogenated alkanes) is 18. The van der Waals surface area contributed by atoms with Crippen molar-refractivity contribution in [3.05, 3.63) is 6.20 Å². The summed E-state index contributed by atoms with van der Waals surface area (Å²) in [5, 5.41) is 53.8. The summed E-state index contributed by atoms with van der Waals surface area (Å²) in [5.41, 5.74) is 0. The second-order valence-electron chi connectivity index (χ2n) is 16.4. The van der Waals surface area contributed by atoms with Crippen molar-refractivity contribution in [1.29, 1.82) is 0 Å². The number of aliphatic hydroxyl groups is 4. The molecule has 1 aromatic heterocycles. The average Bonchev–Trinajstić information content (AvgIpc) is 3.71. The van der Waals surface area contributed by atoms with Gasteiger partial charge in [-0.1, -0.05) is 142 Å². The molecule has 2 amide bonds. The number of carbonyl (C=O) groups is 4. The lowest BCUT2D eigenvalue weighted by atomic mass is 9.98. The fraction of sp³-hybridized carbons (Fsp3) is 0.864. The lowest BCUT2D eigenvalue weighted by molar-refractivity contribution is -0.254. The summed E-state index contributed by atoms with van der Waals surface area (Å²) in [5.74, 6) is -1.36. The Morgan fingerprint density at radius 3 is 1.80 bits per heavy atom. The zero-order chi connectivity index (χ0) is 44.7. The lowest BCUT2D eigenvalue weighted by Gasteiger charge is -2.39. The molecular formula is C44H79N5O11S. The van der Waals surface area contributed by atoms with Crippen molar-refractivity contribution in [1.82, 2.24) is 20.3 Å². The number of thioether (sulfide) groups is 1. The second kappa shape index (κ2) is 33.7. The summed E-state index contributed by atoms with van der Waals surface area (Å²) >= 11 is 1.27. The molecule has 16 nitrogen and oxygen atoms in total. The van der Waals surface area contributed by atoms with Crippen molar-refractivity contribution >= 4 is 41.3 Å². The minimum atomic E-state index is -1.64. The van der Waals surface area contributed by atoms with Crippen molar-refractivity contribution < 1.29 is 53.8 Å². The average molecular weight is 886 g/mol. The number of nitrogens with zero attached hydrogens (tertiary/aromatic N) is 3. The molecule has 1 fully saturated rings. The highest BCUT2D eigenvalue weighted by atomic mass is 32.2. The maximum absolute atomic E-state index is 13.7. The van der Waals surface area contributed by atoms with E-state index in [1.165, 1.54) is 62.9 Å². The molecule has 0 bridgehead atoms. The van der Waals surface area contributed by atoms with Crippen molar-refractivity contribution in [2.75, 3.05) is 30.0 Å². The first kappa shape index (κ1) is 54.3. The van der Waals surface area contributed by atoms with Crippen LogP contribution in [0.2, 0.25) is 0 Å². The molecule has 0 aliphatic carbocycles. The van der Waals surface area contributed by atoms with Gasteiger partial charge in [0, 0.05) is 30.8 Å².